The maximum atomic E-state index is 11.1. The van der Waals surface area contributed by atoms with Crippen LogP contribution in [-0.4, -0.2) is 16.7 Å². The average molecular weight is 227 g/mol. The molecule has 0 fully saturated rings. The predicted molar refractivity (Wildman–Crippen MR) is 47.6 cm³/mol. The Bertz CT molecular complexity index is 518. The average Bonchev–Trinajstić information content (AvgIpc) is 2.60. The van der Waals surface area contributed by atoms with E-state index in [2.05, 4.69) is 4.98 Å². The van der Waals surface area contributed by atoms with Crippen LogP contribution in [0.3, 0.4) is 0 Å². The van der Waals surface area contributed by atoms with Gasteiger partial charge in [0.2, 0.25) is 5.78 Å². The summed E-state index contributed by atoms with van der Waals surface area (Å²) in [7, 11) is 0. The first-order chi connectivity index (χ1) is 6.70. The molecule has 1 heterocycles. The SMILES string of the molecule is O=C([O-])C(=O)c1c[nH]c2ccccc12.[K+]. The van der Waals surface area contributed by atoms with Gasteiger partial charge in [-0.25, -0.2) is 0 Å². The predicted octanol–water partition coefficient (Wildman–Crippen LogP) is -2.90. The number of Topliss-reactive ketones (excluding diaryl/α,β-unsaturated/α-hetero) is 1. The summed E-state index contributed by atoms with van der Waals surface area (Å²) >= 11 is 0. The van der Waals surface area contributed by atoms with Crippen LogP contribution < -0.4 is 56.5 Å². The Kier molecular flexibility index (Phi) is 4.24. The minimum absolute atomic E-state index is 0. The molecule has 0 spiro atoms. The van der Waals surface area contributed by atoms with Gasteiger partial charge in [-0.2, -0.15) is 0 Å². The normalized spacial score (nSPS) is 9.60. The van der Waals surface area contributed by atoms with Crippen molar-refractivity contribution in [2.45, 2.75) is 0 Å². The van der Waals surface area contributed by atoms with Gasteiger partial charge in [0.1, 0.15) is 5.97 Å². The number of H-pyrrole nitrogens is 1. The zero-order valence-corrected chi connectivity index (χ0v) is 11.2. The molecule has 0 aliphatic rings. The van der Waals surface area contributed by atoms with Crippen LogP contribution >= 0.6 is 0 Å². The van der Waals surface area contributed by atoms with Crippen molar-refractivity contribution in [1.29, 1.82) is 0 Å². The summed E-state index contributed by atoms with van der Waals surface area (Å²) in [6, 6.07) is 6.98. The van der Waals surface area contributed by atoms with Crippen LogP contribution in [0, 0.1) is 0 Å². The van der Waals surface area contributed by atoms with Crippen molar-refractivity contribution in [3.63, 3.8) is 0 Å². The third kappa shape index (κ3) is 2.38. The maximum Gasteiger partial charge on any atom is 1.00 e. The molecule has 4 nitrogen and oxygen atoms in total. The van der Waals surface area contributed by atoms with Gasteiger partial charge in [0.05, 0.1) is 0 Å². The van der Waals surface area contributed by atoms with Crippen molar-refractivity contribution in [2.75, 3.05) is 0 Å². The number of fused-ring (bicyclic) bond motifs is 1. The van der Waals surface area contributed by atoms with Crippen molar-refractivity contribution in [3.8, 4) is 0 Å². The molecule has 0 unspecified atom stereocenters. The van der Waals surface area contributed by atoms with Crippen molar-refractivity contribution in [3.05, 3.63) is 36.0 Å². The molecule has 0 saturated heterocycles. The molecular formula is C10H6KNO3. The smallest absolute Gasteiger partial charge is 0.541 e. The second-order valence-electron chi connectivity index (χ2n) is 2.86. The van der Waals surface area contributed by atoms with Crippen LogP contribution in [-0.2, 0) is 4.79 Å². The van der Waals surface area contributed by atoms with Gasteiger partial charge in [0.15, 0.2) is 0 Å². The molecule has 5 heteroatoms. The Balaban J connectivity index is 0.00000112. The van der Waals surface area contributed by atoms with Crippen LogP contribution in [0.4, 0.5) is 0 Å². The minimum Gasteiger partial charge on any atom is -0.541 e. The van der Waals surface area contributed by atoms with E-state index in [1.54, 1.807) is 24.3 Å². The third-order valence-corrected chi connectivity index (χ3v) is 2.02. The van der Waals surface area contributed by atoms with Gasteiger partial charge in [-0.05, 0) is 6.07 Å². The third-order valence-electron chi connectivity index (χ3n) is 2.02. The molecule has 2 aromatic rings. The first-order valence-corrected chi connectivity index (χ1v) is 4.02. The second kappa shape index (κ2) is 5.04. The Hall–Kier alpha value is -0.464. The van der Waals surface area contributed by atoms with Gasteiger partial charge in [0, 0.05) is 22.7 Å². The second-order valence-corrected chi connectivity index (χ2v) is 2.86. The Morgan fingerprint density at radius 1 is 1.20 bits per heavy atom. The van der Waals surface area contributed by atoms with Gasteiger partial charge in [0.25, 0.3) is 0 Å². The van der Waals surface area contributed by atoms with Crippen LogP contribution in [0.1, 0.15) is 10.4 Å². The van der Waals surface area contributed by atoms with Crippen molar-refractivity contribution >= 4 is 22.7 Å². The van der Waals surface area contributed by atoms with Crippen molar-refractivity contribution in [1.82, 2.24) is 4.98 Å². The molecule has 70 valence electrons. The number of rotatable bonds is 2. The number of carbonyl (C=O) groups excluding carboxylic acids is 2. The number of para-hydroxylation sites is 1. The number of carboxylic acids is 1. The molecule has 1 aromatic carbocycles. The van der Waals surface area contributed by atoms with Crippen molar-refractivity contribution in [2.24, 2.45) is 0 Å². The molecule has 2 rings (SSSR count). The van der Waals surface area contributed by atoms with Crippen molar-refractivity contribution < 1.29 is 66.1 Å². The van der Waals surface area contributed by atoms with Crippen LogP contribution in [0.5, 0.6) is 0 Å². The summed E-state index contributed by atoms with van der Waals surface area (Å²) in [5, 5.41) is 11.0. The molecular weight excluding hydrogens is 221 g/mol. The van der Waals surface area contributed by atoms with E-state index in [1.807, 2.05) is 0 Å². The number of aromatic amines is 1. The van der Waals surface area contributed by atoms with Gasteiger partial charge in [-0.15, -0.1) is 0 Å². The zero-order valence-electron chi connectivity index (χ0n) is 8.11. The number of hydrogen-bond donors (Lipinski definition) is 1. The Morgan fingerprint density at radius 2 is 1.87 bits per heavy atom. The minimum atomic E-state index is -1.69. The summed E-state index contributed by atoms with van der Waals surface area (Å²) in [4.78, 5) is 24.3. The molecule has 0 bridgehead atoms. The van der Waals surface area contributed by atoms with Gasteiger partial charge in [-0.1, -0.05) is 18.2 Å². The first-order valence-electron chi connectivity index (χ1n) is 4.02. The standard InChI is InChI=1S/C10H7NO3.K/c12-9(10(13)14)7-5-11-8-4-2-1-3-6(7)8;/h1-5,11H,(H,13,14);/q;+1/p-1. The summed E-state index contributed by atoms with van der Waals surface area (Å²) < 4.78 is 0. The molecule has 15 heavy (non-hydrogen) atoms. The van der Waals surface area contributed by atoms with E-state index in [-0.39, 0.29) is 56.9 Å². The monoisotopic (exact) mass is 227 g/mol. The van der Waals surface area contributed by atoms with E-state index in [9.17, 15) is 14.7 Å². The molecule has 1 N–H and O–H groups in total. The number of benzene rings is 1. The molecule has 1 aromatic heterocycles. The largest absolute Gasteiger partial charge is 1.00 e. The number of carboxylic acid groups (broad SMARTS) is 1. The molecule has 0 saturated carbocycles. The fourth-order valence-electron chi connectivity index (χ4n) is 1.37. The number of hydrogen-bond acceptors (Lipinski definition) is 3. The van der Waals surface area contributed by atoms with E-state index < -0.39 is 11.8 Å². The maximum absolute atomic E-state index is 11.1. The summed E-state index contributed by atoms with van der Waals surface area (Å²) in [5.41, 5.74) is 0.873. The van der Waals surface area contributed by atoms with Crippen LogP contribution in [0.15, 0.2) is 30.5 Å². The van der Waals surface area contributed by atoms with Gasteiger partial charge in [-0.3, -0.25) is 4.79 Å². The summed E-state index contributed by atoms with van der Waals surface area (Å²) in [6.07, 6.45) is 1.38. The number of carbonyl (C=O) groups is 2. The van der Waals surface area contributed by atoms with E-state index in [0.29, 0.717) is 5.39 Å². The molecule has 0 atom stereocenters. The van der Waals surface area contributed by atoms with E-state index in [4.69, 9.17) is 0 Å². The fraction of sp³-hybridized carbons (Fsp3) is 0. The van der Waals surface area contributed by atoms with Gasteiger partial charge >= 0.3 is 51.4 Å². The van der Waals surface area contributed by atoms with Gasteiger partial charge < -0.3 is 14.9 Å². The van der Waals surface area contributed by atoms with E-state index in [0.717, 1.165) is 5.52 Å². The molecule has 0 aliphatic heterocycles. The molecule has 0 amide bonds. The van der Waals surface area contributed by atoms with E-state index in [1.165, 1.54) is 6.20 Å². The number of ketones is 1. The Morgan fingerprint density at radius 3 is 2.53 bits per heavy atom. The molecule has 0 aliphatic carbocycles. The topological polar surface area (TPSA) is 73.0 Å². The van der Waals surface area contributed by atoms with E-state index >= 15 is 0 Å². The Labute approximate surface area is 128 Å². The number of nitrogens with one attached hydrogen (secondary N) is 1. The van der Waals surface area contributed by atoms with Crippen LogP contribution in [0.2, 0.25) is 0 Å². The first kappa shape index (κ1) is 12.6. The van der Waals surface area contributed by atoms with Crippen LogP contribution in [0.25, 0.3) is 10.9 Å². The molecule has 0 radical (unpaired) electrons. The summed E-state index contributed by atoms with van der Waals surface area (Å²) in [5.74, 6) is -2.68. The number of aromatic nitrogens is 1. The fourth-order valence-corrected chi connectivity index (χ4v) is 1.37. The zero-order chi connectivity index (χ0) is 10.1. The summed E-state index contributed by atoms with van der Waals surface area (Å²) in [6.45, 7) is 0. The number of aliphatic carboxylic acids is 1. The quantitative estimate of drug-likeness (QED) is 0.340.